The van der Waals surface area contributed by atoms with Crippen molar-refractivity contribution in [2.75, 3.05) is 30.8 Å². The summed E-state index contributed by atoms with van der Waals surface area (Å²) in [6.07, 6.45) is 0.709. The third kappa shape index (κ3) is 5.17. The van der Waals surface area contributed by atoms with E-state index in [2.05, 4.69) is 30.7 Å². The Balaban J connectivity index is 1.84. The van der Waals surface area contributed by atoms with Crippen LogP contribution < -0.4 is 21.1 Å². The van der Waals surface area contributed by atoms with Gasteiger partial charge in [-0.05, 0) is 13.0 Å². The molecule has 10 nitrogen and oxygen atoms in total. The van der Waals surface area contributed by atoms with Gasteiger partial charge in [-0.15, -0.1) is 13.2 Å². The first-order valence-electron chi connectivity index (χ1n) is 9.02. The van der Waals surface area contributed by atoms with E-state index in [1.54, 1.807) is 13.1 Å². The van der Waals surface area contributed by atoms with Gasteiger partial charge in [-0.3, -0.25) is 0 Å². The molecule has 0 aromatic carbocycles. The van der Waals surface area contributed by atoms with Crippen LogP contribution in [-0.4, -0.2) is 44.9 Å². The lowest BCUT2D eigenvalue weighted by atomic mass is 10.2. The molecule has 0 atom stereocenters. The van der Waals surface area contributed by atoms with Crippen molar-refractivity contribution in [1.82, 2.24) is 24.7 Å². The van der Waals surface area contributed by atoms with Gasteiger partial charge in [0.2, 0.25) is 5.95 Å². The van der Waals surface area contributed by atoms with E-state index in [9.17, 15) is 13.2 Å². The minimum Gasteiger partial charge on any atom is -0.490 e. The Morgan fingerprint density at radius 3 is 2.71 bits per heavy atom. The molecule has 0 saturated heterocycles. The fourth-order valence-corrected chi connectivity index (χ4v) is 2.55. The zero-order chi connectivity index (χ0) is 22.4. The molecule has 4 N–H and O–H groups in total. The largest absolute Gasteiger partial charge is 0.504 e. The molecule has 3 aromatic rings. The van der Waals surface area contributed by atoms with Crippen LogP contribution in [-0.2, 0) is 6.30 Å². The third-order valence-corrected chi connectivity index (χ3v) is 4.00. The number of nitrogens with zero attached hydrogens (tertiary/aromatic N) is 6. The van der Waals surface area contributed by atoms with E-state index in [-0.39, 0.29) is 27.6 Å². The Labute approximate surface area is 174 Å². The highest BCUT2D eigenvalue weighted by Crippen LogP contribution is 2.30. The fourth-order valence-electron chi connectivity index (χ4n) is 2.55. The summed E-state index contributed by atoms with van der Waals surface area (Å²) in [5, 5.41) is 18.2. The van der Waals surface area contributed by atoms with Crippen molar-refractivity contribution in [1.29, 1.82) is 5.26 Å². The van der Waals surface area contributed by atoms with Crippen LogP contribution in [0.1, 0.15) is 12.1 Å². The van der Waals surface area contributed by atoms with Crippen LogP contribution in [0.5, 0.6) is 5.75 Å². The number of nitrogens with two attached hydrogens (primary N) is 1. The molecule has 0 saturated carbocycles. The number of pyridine rings is 1. The maximum atomic E-state index is 12.8. The lowest BCUT2D eigenvalue weighted by Crippen LogP contribution is -2.16. The first-order valence-corrected chi connectivity index (χ1v) is 9.02. The summed E-state index contributed by atoms with van der Waals surface area (Å²) < 4.78 is 43.8. The van der Waals surface area contributed by atoms with Crippen molar-refractivity contribution < 1.29 is 17.9 Å². The Bertz CT molecular complexity index is 1090. The minimum absolute atomic E-state index is 0.0947. The molecule has 0 bridgehead atoms. The second-order valence-corrected chi connectivity index (χ2v) is 6.15. The first-order chi connectivity index (χ1) is 14.9. The maximum Gasteiger partial charge on any atom is 0.504 e. The lowest BCUT2D eigenvalue weighted by Gasteiger charge is -2.12. The van der Waals surface area contributed by atoms with Crippen LogP contribution in [0.25, 0.3) is 11.1 Å². The van der Waals surface area contributed by atoms with Gasteiger partial charge in [0.25, 0.3) is 0 Å². The maximum absolute atomic E-state index is 12.8. The summed E-state index contributed by atoms with van der Waals surface area (Å²) in [5.41, 5.74) is 6.56. The highest BCUT2D eigenvalue weighted by Gasteiger charge is 2.32. The molecule has 3 rings (SSSR count). The topological polar surface area (TPSA) is 140 Å². The van der Waals surface area contributed by atoms with Gasteiger partial charge >= 0.3 is 6.30 Å². The highest BCUT2D eigenvalue weighted by atomic mass is 19.4. The predicted octanol–water partition coefficient (Wildman–Crippen LogP) is 2.60. The quantitative estimate of drug-likeness (QED) is 0.457. The van der Waals surface area contributed by atoms with Crippen LogP contribution in [0, 0.1) is 11.3 Å². The molecular formula is C18H18F3N9O. The first kappa shape index (κ1) is 21.8. The number of ether oxygens (including phenoxy) is 1. The van der Waals surface area contributed by atoms with E-state index in [1.807, 2.05) is 6.07 Å². The second-order valence-electron chi connectivity index (χ2n) is 6.15. The lowest BCUT2D eigenvalue weighted by molar-refractivity contribution is -0.212. The van der Waals surface area contributed by atoms with Crippen molar-refractivity contribution >= 4 is 17.5 Å². The number of hydrogen-bond donors (Lipinski definition) is 3. The number of alkyl halides is 3. The SMILES string of the molecule is CNc1nc(Nc2cnc(C#N)c(OCCCN)c2)ncc1-c1cnn(C(F)(F)F)c1. The molecule has 13 heteroatoms. The summed E-state index contributed by atoms with van der Waals surface area (Å²) in [5.74, 6) is 0.738. The minimum atomic E-state index is -4.62. The molecule has 0 amide bonds. The smallest absolute Gasteiger partial charge is 0.490 e. The van der Waals surface area contributed by atoms with Gasteiger partial charge in [-0.25, -0.2) is 9.97 Å². The van der Waals surface area contributed by atoms with E-state index in [0.717, 1.165) is 12.4 Å². The molecule has 0 unspecified atom stereocenters. The van der Waals surface area contributed by atoms with Crippen LogP contribution in [0.3, 0.4) is 0 Å². The average Bonchev–Trinajstić information content (AvgIpc) is 3.25. The normalized spacial score (nSPS) is 11.1. The summed E-state index contributed by atoms with van der Waals surface area (Å²) in [4.78, 5) is 12.5. The zero-order valence-electron chi connectivity index (χ0n) is 16.3. The van der Waals surface area contributed by atoms with E-state index in [0.29, 0.717) is 36.6 Å². The van der Waals surface area contributed by atoms with Crippen LogP contribution in [0.2, 0.25) is 0 Å². The number of nitriles is 1. The van der Waals surface area contributed by atoms with E-state index in [4.69, 9.17) is 15.7 Å². The molecular weight excluding hydrogens is 415 g/mol. The van der Waals surface area contributed by atoms with Crippen LogP contribution >= 0.6 is 0 Å². The summed E-state index contributed by atoms with van der Waals surface area (Å²) in [6.45, 7) is 0.777. The van der Waals surface area contributed by atoms with Crippen molar-refractivity contribution in [3.8, 4) is 22.9 Å². The Kier molecular flexibility index (Phi) is 6.51. The van der Waals surface area contributed by atoms with Gasteiger partial charge in [-0.2, -0.15) is 20.0 Å². The molecule has 162 valence electrons. The molecule has 3 heterocycles. The molecule has 31 heavy (non-hydrogen) atoms. The second kappa shape index (κ2) is 9.26. The van der Waals surface area contributed by atoms with Gasteiger partial charge in [0.15, 0.2) is 11.4 Å². The molecule has 3 aromatic heterocycles. The summed E-state index contributed by atoms with van der Waals surface area (Å²) >= 11 is 0. The fraction of sp³-hybridized carbons (Fsp3) is 0.278. The standard InChI is InChI=1S/C18H18F3N9O/c1-24-16-13(11-7-27-30(10-11)18(19,20)21)9-26-17(29-16)28-12-5-15(31-4-2-3-22)14(6-23)25-8-12/h5,7-10H,2-4,22H2,1H3,(H2,24,26,28,29). The third-order valence-electron chi connectivity index (χ3n) is 4.00. The molecule has 0 radical (unpaired) electrons. The van der Waals surface area contributed by atoms with Gasteiger partial charge < -0.3 is 21.1 Å². The van der Waals surface area contributed by atoms with Crippen molar-refractivity contribution in [2.45, 2.75) is 12.7 Å². The molecule has 0 aliphatic carbocycles. The molecule has 0 spiro atoms. The summed E-state index contributed by atoms with van der Waals surface area (Å²) in [7, 11) is 1.58. The number of anilines is 3. The van der Waals surface area contributed by atoms with Crippen molar-refractivity contribution in [3.05, 3.63) is 36.5 Å². The Morgan fingerprint density at radius 1 is 1.26 bits per heavy atom. The number of nitrogens with one attached hydrogen (secondary N) is 2. The van der Waals surface area contributed by atoms with Crippen molar-refractivity contribution in [3.63, 3.8) is 0 Å². The summed E-state index contributed by atoms with van der Waals surface area (Å²) in [6, 6.07) is 3.52. The number of aromatic nitrogens is 5. The number of hydrogen-bond acceptors (Lipinski definition) is 9. The molecule has 0 aliphatic heterocycles. The van der Waals surface area contributed by atoms with Gasteiger partial charge in [0.1, 0.15) is 11.9 Å². The molecule has 0 fully saturated rings. The van der Waals surface area contributed by atoms with Crippen LogP contribution in [0.4, 0.5) is 30.6 Å². The zero-order valence-corrected chi connectivity index (χ0v) is 16.3. The molecule has 0 aliphatic rings. The average molecular weight is 433 g/mol. The van der Waals surface area contributed by atoms with Crippen LogP contribution in [0.15, 0.2) is 30.9 Å². The predicted molar refractivity (Wildman–Crippen MR) is 105 cm³/mol. The highest BCUT2D eigenvalue weighted by molar-refractivity contribution is 5.74. The Morgan fingerprint density at radius 2 is 2.06 bits per heavy atom. The van der Waals surface area contributed by atoms with Gasteiger partial charge in [0, 0.05) is 36.6 Å². The van der Waals surface area contributed by atoms with E-state index in [1.165, 1.54) is 12.4 Å². The number of halogens is 3. The van der Waals surface area contributed by atoms with E-state index >= 15 is 0 Å². The monoisotopic (exact) mass is 433 g/mol. The Hall–Kier alpha value is -3.92. The number of rotatable bonds is 8. The van der Waals surface area contributed by atoms with E-state index < -0.39 is 6.30 Å². The van der Waals surface area contributed by atoms with Gasteiger partial charge in [0.05, 0.1) is 24.7 Å². The van der Waals surface area contributed by atoms with Gasteiger partial charge in [-0.1, -0.05) is 0 Å². The van der Waals surface area contributed by atoms with Crippen molar-refractivity contribution in [2.24, 2.45) is 5.73 Å².